The van der Waals surface area contributed by atoms with Crippen molar-refractivity contribution < 1.29 is 4.79 Å². The summed E-state index contributed by atoms with van der Waals surface area (Å²) < 4.78 is 0. The molecular formula is C11H15NOS. The van der Waals surface area contributed by atoms with E-state index in [1.165, 1.54) is 18.4 Å². The van der Waals surface area contributed by atoms with Crippen LogP contribution in [0.25, 0.3) is 0 Å². The van der Waals surface area contributed by atoms with Crippen molar-refractivity contribution >= 4 is 17.2 Å². The molecule has 1 amide bonds. The largest absolute Gasteiger partial charge is 0.335 e. The number of carbonyl (C=O) groups excluding carboxylic acids is 1. The van der Waals surface area contributed by atoms with Gasteiger partial charge < -0.3 is 4.90 Å². The van der Waals surface area contributed by atoms with E-state index in [9.17, 15) is 4.79 Å². The van der Waals surface area contributed by atoms with Gasteiger partial charge in [-0.3, -0.25) is 4.79 Å². The molecule has 76 valence electrons. The summed E-state index contributed by atoms with van der Waals surface area (Å²) in [6.07, 6.45) is 3.01. The molecule has 1 saturated carbocycles. The van der Waals surface area contributed by atoms with E-state index in [4.69, 9.17) is 0 Å². The van der Waals surface area contributed by atoms with Gasteiger partial charge in [0, 0.05) is 19.0 Å². The molecule has 1 aromatic heterocycles. The Morgan fingerprint density at radius 1 is 1.64 bits per heavy atom. The van der Waals surface area contributed by atoms with Crippen LogP contribution in [0.1, 0.15) is 31.7 Å². The molecule has 0 atom stereocenters. The summed E-state index contributed by atoms with van der Waals surface area (Å²) in [5, 5.41) is 4.19. The molecule has 1 aliphatic carbocycles. The molecule has 0 aliphatic heterocycles. The van der Waals surface area contributed by atoms with Crippen molar-refractivity contribution in [2.45, 2.75) is 38.8 Å². The SMILES string of the molecule is CCC(=O)N(Cc1ccsc1)C1CC1. The molecule has 0 bridgehead atoms. The van der Waals surface area contributed by atoms with Crippen molar-refractivity contribution in [3.63, 3.8) is 0 Å². The summed E-state index contributed by atoms with van der Waals surface area (Å²) in [6, 6.07) is 2.63. The number of hydrogen-bond acceptors (Lipinski definition) is 2. The Hall–Kier alpha value is -0.830. The van der Waals surface area contributed by atoms with Gasteiger partial charge in [-0.2, -0.15) is 11.3 Å². The lowest BCUT2D eigenvalue weighted by Gasteiger charge is -2.21. The van der Waals surface area contributed by atoms with Gasteiger partial charge >= 0.3 is 0 Å². The molecule has 1 heterocycles. The first kappa shape index (κ1) is 9.71. The molecule has 1 aliphatic rings. The summed E-state index contributed by atoms with van der Waals surface area (Å²) in [6.45, 7) is 2.74. The summed E-state index contributed by atoms with van der Waals surface area (Å²) in [5.41, 5.74) is 1.27. The highest BCUT2D eigenvalue weighted by Gasteiger charge is 2.31. The normalized spacial score (nSPS) is 15.5. The third-order valence-corrected chi connectivity index (χ3v) is 3.28. The van der Waals surface area contributed by atoms with Gasteiger partial charge in [-0.15, -0.1) is 0 Å². The minimum Gasteiger partial charge on any atom is -0.335 e. The smallest absolute Gasteiger partial charge is 0.222 e. The van der Waals surface area contributed by atoms with Crippen LogP contribution in [0.15, 0.2) is 16.8 Å². The van der Waals surface area contributed by atoms with Gasteiger partial charge in [0.05, 0.1) is 0 Å². The predicted molar refractivity (Wildman–Crippen MR) is 58.2 cm³/mol. The Kier molecular flexibility index (Phi) is 2.87. The Labute approximate surface area is 88.5 Å². The van der Waals surface area contributed by atoms with Crippen LogP contribution in [0.2, 0.25) is 0 Å². The zero-order valence-corrected chi connectivity index (χ0v) is 9.22. The van der Waals surface area contributed by atoms with E-state index in [-0.39, 0.29) is 0 Å². The second-order valence-electron chi connectivity index (χ2n) is 3.74. The van der Waals surface area contributed by atoms with E-state index in [1.54, 1.807) is 11.3 Å². The summed E-state index contributed by atoms with van der Waals surface area (Å²) in [7, 11) is 0. The first-order valence-corrected chi connectivity index (χ1v) is 6.06. The molecule has 0 aromatic carbocycles. The van der Waals surface area contributed by atoms with Crippen LogP contribution in [0, 0.1) is 0 Å². The van der Waals surface area contributed by atoms with Gasteiger partial charge in [-0.1, -0.05) is 6.92 Å². The molecule has 0 N–H and O–H groups in total. The third kappa shape index (κ3) is 2.15. The molecule has 2 rings (SSSR count). The molecule has 1 fully saturated rings. The molecule has 14 heavy (non-hydrogen) atoms. The highest BCUT2D eigenvalue weighted by Crippen LogP contribution is 2.29. The zero-order valence-electron chi connectivity index (χ0n) is 8.40. The minimum absolute atomic E-state index is 0.290. The van der Waals surface area contributed by atoms with Gasteiger partial charge in [0.2, 0.25) is 5.91 Å². The molecule has 0 unspecified atom stereocenters. The maximum absolute atomic E-state index is 11.6. The molecular weight excluding hydrogens is 194 g/mol. The first-order chi connectivity index (χ1) is 6.81. The molecule has 0 radical (unpaired) electrons. The van der Waals surface area contributed by atoms with Crippen LogP contribution in [-0.4, -0.2) is 16.8 Å². The maximum Gasteiger partial charge on any atom is 0.222 e. The van der Waals surface area contributed by atoms with E-state index in [2.05, 4.69) is 16.8 Å². The lowest BCUT2D eigenvalue weighted by atomic mass is 10.3. The molecule has 0 saturated heterocycles. The molecule has 2 nitrogen and oxygen atoms in total. The fourth-order valence-corrected chi connectivity index (χ4v) is 2.25. The van der Waals surface area contributed by atoms with E-state index < -0.39 is 0 Å². The quantitative estimate of drug-likeness (QED) is 0.746. The first-order valence-electron chi connectivity index (χ1n) is 5.11. The highest BCUT2D eigenvalue weighted by molar-refractivity contribution is 7.07. The summed E-state index contributed by atoms with van der Waals surface area (Å²) >= 11 is 1.70. The van der Waals surface area contributed by atoms with Crippen LogP contribution in [0.4, 0.5) is 0 Å². The third-order valence-electron chi connectivity index (χ3n) is 2.54. The fourth-order valence-electron chi connectivity index (χ4n) is 1.59. The van der Waals surface area contributed by atoms with E-state index in [1.807, 2.05) is 11.8 Å². The fraction of sp³-hybridized carbons (Fsp3) is 0.545. The molecule has 3 heteroatoms. The number of hydrogen-bond donors (Lipinski definition) is 0. The van der Waals surface area contributed by atoms with Crippen molar-refractivity contribution in [2.75, 3.05) is 0 Å². The summed E-state index contributed by atoms with van der Waals surface area (Å²) in [4.78, 5) is 13.7. The van der Waals surface area contributed by atoms with Crippen LogP contribution < -0.4 is 0 Å². The van der Waals surface area contributed by atoms with E-state index in [0.717, 1.165) is 6.54 Å². The van der Waals surface area contributed by atoms with Crippen molar-refractivity contribution in [2.24, 2.45) is 0 Å². The van der Waals surface area contributed by atoms with Gasteiger partial charge in [-0.25, -0.2) is 0 Å². The Bertz CT molecular complexity index is 303. The Balaban J connectivity index is 2.00. The maximum atomic E-state index is 11.6. The second kappa shape index (κ2) is 4.13. The molecule has 1 aromatic rings. The van der Waals surface area contributed by atoms with Crippen LogP contribution in [0.5, 0.6) is 0 Å². The summed E-state index contributed by atoms with van der Waals surface area (Å²) in [5.74, 6) is 0.290. The Morgan fingerprint density at radius 2 is 2.43 bits per heavy atom. The lowest BCUT2D eigenvalue weighted by molar-refractivity contribution is -0.132. The second-order valence-corrected chi connectivity index (χ2v) is 4.52. The van der Waals surface area contributed by atoms with Crippen molar-refractivity contribution in [3.05, 3.63) is 22.4 Å². The zero-order chi connectivity index (χ0) is 9.97. The van der Waals surface area contributed by atoms with Crippen molar-refractivity contribution in [3.8, 4) is 0 Å². The van der Waals surface area contributed by atoms with E-state index in [0.29, 0.717) is 18.4 Å². The standard InChI is InChI=1S/C11H15NOS/c1-2-11(13)12(10-3-4-10)7-9-5-6-14-8-9/h5-6,8,10H,2-4,7H2,1H3. The van der Waals surface area contributed by atoms with Gasteiger partial charge in [0.25, 0.3) is 0 Å². The number of carbonyl (C=O) groups is 1. The number of thiophene rings is 1. The predicted octanol–water partition coefficient (Wildman–Crippen LogP) is 2.65. The van der Waals surface area contributed by atoms with Crippen molar-refractivity contribution in [1.82, 2.24) is 4.90 Å². The van der Waals surface area contributed by atoms with Crippen LogP contribution >= 0.6 is 11.3 Å². The average molecular weight is 209 g/mol. The monoisotopic (exact) mass is 209 g/mol. The van der Waals surface area contributed by atoms with E-state index >= 15 is 0 Å². The van der Waals surface area contributed by atoms with Gasteiger partial charge in [0.1, 0.15) is 0 Å². The minimum atomic E-state index is 0.290. The van der Waals surface area contributed by atoms with Crippen LogP contribution in [0.3, 0.4) is 0 Å². The van der Waals surface area contributed by atoms with Gasteiger partial charge in [-0.05, 0) is 35.2 Å². The number of amides is 1. The lowest BCUT2D eigenvalue weighted by Crippen LogP contribution is -2.31. The highest BCUT2D eigenvalue weighted by atomic mass is 32.1. The number of nitrogens with zero attached hydrogens (tertiary/aromatic N) is 1. The molecule has 0 spiro atoms. The number of rotatable bonds is 4. The Morgan fingerprint density at radius 3 is 2.93 bits per heavy atom. The van der Waals surface area contributed by atoms with Crippen LogP contribution in [-0.2, 0) is 11.3 Å². The van der Waals surface area contributed by atoms with Crippen molar-refractivity contribution in [1.29, 1.82) is 0 Å². The average Bonchev–Trinajstić information content (AvgIpc) is 2.92. The van der Waals surface area contributed by atoms with Gasteiger partial charge in [0.15, 0.2) is 0 Å². The topological polar surface area (TPSA) is 20.3 Å².